The molecule has 1 aromatic carbocycles. The lowest BCUT2D eigenvalue weighted by atomic mass is 10.0. The first-order chi connectivity index (χ1) is 7.61. The van der Waals surface area contributed by atoms with E-state index in [0.717, 1.165) is 0 Å². The van der Waals surface area contributed by atoms with Gasteiger partial charge in [0, 0.05) is 10.6 Å². The lowest BCUT2D eigenvalue weighted by Gasteiger charge is -2.20. The van der Waals surface area contributed by atoms with Crippen LogP contribution in [0.3, 0.4) is 0 Å². The predicted octanol–water partition coefficient (Wildman–Crippen LogP) is 2.81. The van der Waals surface area contributed by atoms with E-state index in [1.165, 1.54) is 17.8 Å². The number of benzene rings is 1. The number of hydrogen-bond donors (Lipinski definition) is 1. The van der Waals surface area contributed by atoms with Crippen molar-refractivity contribution in [3.8, 4) is 6.07 Å². The Morgan fingerprint density at radius 2 is 2.19 bits per heavy atom. The first kappa shape index (κ1) is 13.0. The SMILES string of the molecule is CNC(C)(C#N)CCSc1ccccc1F. The summed E-state index contributed by atoms with van der Waals surface area (Å²) in [6.45, 7) is 1.84. The summed E-state index contributed by atoms with van der Waals surface area (Å²) in [4.78, 5) is 0.638. The molecule has 0 amide bonds. The smallest absolute Gasteiger partial charge is 0.136 e. The van der Waals surface area contributed by atoms with Crippen LogP contribution in [-0.2, 0) is 0 Å². The first-order valence-corrected chi connectivity index (χ1v) is 6.07. The molecule has 0 spiro atoms. The van der Waals surface area contributed by atoms with E-state index >= 15 is 0 Å². The molecule has 2 nitrogen and oxygen atoms in total. The van der Waals surface area contributed by atoms with Gasteiger partial charge in [-0.15, -0.1) is 11.8 Å². The van der Waals surface area contributed by atoms with Crippen LogP contribution in [0.25, 0.3) is 0 Å². The maximum absolute atomic E-state index is 13.3. The van der Waals surface area contributed by atoms with Crippen molar-refractivity contribution in [3.63, 3.8) is 0 Å². The minimum absolute atomic E-state index is 0.199. The van der Waals surface area contributed by atoms with Crippen LogP contribution in [0.15, 0.2) is 29.2 Å². The highest BCUT2D eigenvalue weighted by Crippen LogP contribution is 2.23. The lowest BCUT2D eigenvalue weighted by Crippen LogP contribution is -2.38. The third-order valence-electron chi connectivity index (χ3n) is 2.49. The van der Waals surface area contributed by atoms with Crippen LogP contribution in [0.5, 0.6) is 0 Å². The summed E-state index contributed by atoms with van der Waals surface area (Å²) >= 11 is 1.44. The van der Waals surface area contributed by atoms with Gasteiger partial charge < -0.3 is 5.32 Å². The fraction of sp³-hybridized carbons (Fsp3) is 0.417. The van der Waals surface area contributed by atoms with E-state index in [1.54, 1.807) is 19.2 Å². The van der Waals surface area contributed by atoms with Gasteiger partial charge in [-0.3, -0.25) is 0 Å². The summed E-state index contributed by atoms with van der Waals surface area (Å²) in [7, 11) is 1.76. The number of nitriles is 1. The Labute approximate surface area is 99.9 Å². The molecule has 1 aromatic rings. The first-order valence-electron chi connectivity index (χ1n) is 5.09. The van der Waals surface area contributed by atoms with Gasteiger partial charge in [-0.25, -0.2) is 4.39 Å². The highest BCUT2D eigenvalue weighted by atomic mass is 32.2. The second-order valence-electron chi connectivity index (χ2n) is 3.72. The number of halogens is 1. The monoisotopic (exact) mass is 238 g/mol. The van der Waals surface area contributed by atoms with E-state index in [-0.39, 0.29) is 5.82 Å². The number of nitrogens with one attached hydrogen (secondary N) is 1. The number of rotatable bonds is 5. The average molecular weight is 238 g/mol. The topological polar surface area (TPSA) is 35.8 Å². The predicted molar refractivity (Wildman–Crippen MR) is 64.8 cm³/mol. The number of thioether (sulfide) groups is 1. The Kier molecular flexibility index (Phi) is 4.78. The van der Waals surface area contributed by atoms with E-state index in [1.807, 2.05) is 13.0 Å². The minimum Gasteiger partial charge on any atom is -0.303 e. The fourth-order valence-electron chi connectivity index (χ4n) is 1.16. The van der Waals surface area contributed by atoms with Crippen molar-refractivity contribution in [2.45, 2.75) is 23.8 Å². The van der Waals surface area contributed by atoms with Crippen molar-refractivity contribution in [2.75, 3.05) is 12.8 Å². The number of nitrogens with zero attached hydrogens (tertiary/aromatic N) is 1. The van der Waals surface area contributed by atoms with Gasteiger partial charge in [-0.1, -0.05) is 12.1 Å². The minimum atomic E-state index is -0.530. The fourth-order valence-corrected chi connectivity index (χ4v) is 2.27. The molecule has 0 aliphatic carbocycles. The van der Waals surface area contributed by atoms with Crippen molar-refractivity contribution in [3.05, 3.63) is 30.1 Å². The Balaban J connectivity index is 2.48. The van der Waals surface area contributed by atoms with Crippen molar-refractivity contribution in [2.24, 2.45) is 0 Å². The van der Waals surface area contributed by atoms with Crippen molar-refractivity contribution in [1.29, 1.82) is 5.26 Å². The summed E-state index contributed by atoms with van der Waals surface area (Å²) in [5, 5.41) is 11.9. The highest BCUT2D eigenvalue weighted by Gasteiger charge is 2.20. The van der Waals surface area contributed by atoms with Crippen LogP contribution < -0.4 is 5.32 Å². The molecule has 0 fully saturated rings. The molecule has 0 saturated heterocycles. The van der Waals surface area contributed by atoms with Gasteiger partial charge in [0.15, 0.2) is 0 Å². The van der Waals surface area contributed by atoms with E-state index in [0.29, 0.717) is 17.1 Å². The zero-order chi connectivity index (χ0) is 12.0. The van der Waals surface area contributed by atoms with Crippen molar-refractivity contribution in [1.82, 2.24) is 5.32 Å². The Morgan fingerprint density at radius 3 is 2.75 bits per heavy atom. The molecule has 0 aromatic heterocycles. The van der Waals surface area contributed by atoms with E-state index in [9.17, 15) is 4.39 Å². The third kappa shape index (κ3) is 3.51. The maximum Gasteiger partial charge on any atom is 0.136 e. The standard InChI is InChI=1S/C12H15FN2S/c1-12(9-14,15-2)7-8-16-11-6-4-3-5-10(11)13/h3-6,15H,7-8H2,1-2H3. The summed E-state index contributed by atoms with van der Waals surface area (Å²) in [6.07, 6.45) is 0.680. The van der Waals surface area contributed by atoms with Gasteiger partial charge in [0.05, 0.1) is 6.07 Å². The van der Waals surface area contributed by atoms with Gasteiger partial charge in [0.1, 0.15) is 11.4 Å². The number of hydrogen-bond acceptors (Lipinski definition) is 3. The molecule has 16 heavy (non-hydrogen) atoms. The molecular weight excluding hydrogens is 223 g/mol. The zero-order valence-electron chi connectivity index (χ0n) is 9.46. The molecule has 0 saturated carbocycles. The van der Waals surface area contributed by atoms with E-state index in [4.69, 9.17) is 5.26 Å². The summed E-state index contributed by atoms with van der Waals surface area (Å²) in [5.74, 6) is 0.516. The van der Waals surface area contributed by atoms with Crippen LogP contribution in [0.2, 0.25) is 0 Å². The molecule has 0 heterocycles. The van der Waals surface area contributed by atoms with Crippen LogP contribution in [0.4, 0.5) is 4.39 Å². The van der Waals surface area contributed by atoms with Crippen LogP contribution in [0.1, 0.15) is 13.3 Å². The molecule has 1 N–H and O–H groups in total. The molecular formula is C12H15FN2S. The van der Waals surface area contributed by atoms with Crippen LogP contribution in [-0.4, -0.2) is 18.3 Å². The second kappa shape index (κ2) is 5.88. The molecule has 1 unspecified atom stereocenters. The zero-order valence-corrected chi connectivity index (χ0v) is 10.3. The van der Waals surface area contributed by atoms with E-state index < -0.39 is 5.54 Å². The van der Waals surface area contributed by atoms with Gasteiger partial charge in [-0.05, 0) is 32.5 Å². The molecule has 1 rings (SSSR count). The largest absolute Gasteiger partial charge is 0.303 e. The maximum atomic E-state index is 13.3. The molecule has 4 heteroatoms. The summed E-state index contributed by atoms with van der Waals surface area (Å²) in [6, 6.07) is 8.90. The van der Waals surface area contributed by atoms with E-state index in [2.05, 4.69) is 11.4 Å². The molecule has 0 bridgehead atoms. The Hall–Kier alpha value is -1.05. The van der Waals surface area contributed by atoms with Crippen LogP contribution >= 0.6 is 11.8 Å². The summed E-state index contributed by atoms with van der Waals surface area (Å²) in [5.41, 5.74) is -0.530. The Bertz CT molecular complexity index is 389. The summed E-state index contributed by atoms with van der Waals surface area (Å²) < 4.78 is 13.3. The average Bonchev–Trinajstić information content (AvgIpc) is 2.31. The van der Waals surface area contributed by atoms with Gasteiger partial charge >= 0.3 is 0 Å². The van der Waals surface area contributed by atoms with Crippen molar-refractivity contribution < 1.29 is 4.39 Å². The molecule has 1 atom stereocenters. The lowest BCUT2D eigenvalue weighted by molar-refractivity contribution is 0.479. The van der Waals surface area contributed by atoms with Gasteiger partial charge in [-0.2, -0.15) is 5.26 Å². The normalized spacial score (nSPS) is 14.1. The Morgan fingerprint density at radius 1 is 1.50 bits per heavy atom. The quantitative estimate of drug-likeness (QED) is 0.801. The van der Waals surface area contributed by atoms with Gasteiger partial charge in [0.2, 0.25) is 0 Å². The van der Waals surface area contributed by atoms with Gasteiger partial charge in [0.25, 0.3) is 0 Å². The molecule has 0 aliphatic rings. The third-order valence-corrected chi connectivity index (χ3v) is 3.55. The molecule has 0 radical (unpaired) electrons. The second-order valence-corrected chi connectivity index (χ2v) is 4.86. The highest BCUT2D eigenvalue weighted by molar-refractivity contribution is 7.99. The van der Waals surface area contributed by atoms with Crippen LogP contribution in [0, 0.1) is 17.1 Å². The molecule has 86 valence electrons. The van der Waals surface area contributed by atoms with Crippen molar-refractivity contribution >= 4 is 11.8 Å². The molecule has 0 aliphatic heterocycles.